The lowest BCUT2D eigenvalue weighted by molar-refractivity contribution is -0.471. The van der Waals surface area contributed by atoms with Crippen LogP contribution in [0.25, 0.3) is 0 Å². The van der Waals surface area contributed by atoms with Crippen LogP contribution in [0.4, 0.5) is 0 Å². The molecule has 22 heavy (non-hydrogen) atoms. The summed E-state index contributed by atoms with van der Waals surface area (Å²) in [5, 5.41) is 11.7. The highest BCUT2D eigenvalue weighted by molar-refractivity contribution is 5.51. The van der Waals surface area contributed by atoms with Crippen LogP contribution < -0.4 is 4.74 Å². The fraction of sp³-hybridized carbons (Fsp3) is 0.278. The van der Waals surface area contributed by atoms with Gasteiger partial charge in [-0.1, -0.05) is 42.5 Å². The van der Waals surface area contributed by atoms with Crippen LogP contribution in [-0.4, -0.2) is 24.7 Å². The molecule has 4 nitrogen and oxygen atoms in total. The van der Waals surface area contributed by atoms with Crippen LogP contribution in [-0.2, 0) is 17.9 Å². The highest BCUT2D eigenvalue weighted by atomic mass is 16.5. The molecule has 0 amide bonds. The lowest BCUT2D eigenvalue weighted by atomic mass is 10.2. The van der Waals surface area contributed by atoms with Crippen LogP contribution in [0, 0.1) is 5.21 Å². The SMILES string of the molecule is COc1ccc(COCC/C=[N+](\[O-])Cc2ccccc2)cc1. The van der Waals surface area contributed by atoms with Crippen molar-refractivity contribution in [2.75, 3.05) is 13.7 Å². The van der Waals surface area contributed by atoms with Gasteiger partial charge in [0, 0.05) is 12.0 Å². The van der Waals surface area contributed by atoms with Gasteiger partial charge in [-0.2, -0.15) is 0 Å². The molecule has 116 valence electrons. The van der Waals surface area contributed by atoms with E-state index in [9.17, 15) is 5.21 Å². The van der Waals surface area contributed by atoms with E-state index in [1.165, 1.54) is 0 Å². The molecular formula is C18H21NO3. The normalized spacial score (nSPS) is 11.4. The third-order valence-electron chi connectivity index (χ3n) is 3.20. The molecule has 0 radical (unpaired) electrons. The molecule has 0 unspecified atom stereocenters. The van der Waals surface area contributed by atoms with Gasteiger partial charge in [-0.25, -0.2) is 4.74 Å². The van der Waals surface area contributed by atoms with Crippen molar-refractivity contribution < 1.29 is 14.2 Å². The van der Waals surface area contributed by atoms with Gasteiger partial charge in [0.2, 0.25) is 0 Å². The minimum Gasteiger partial charge on any atom is -0.624 e. The van der Waals surface area contributed by atoms with Gasteiger partial charge in [0.15, 0.2) is 12.8 Å². The zero-order chi connectivity index (χ0) is 15.6. The first-order valence-corrected chi connectivity index (χ1v) is 7.29. The number of nitrogens with zero attached hydrogens (tertiary/aromatic N) is 1. The summed E-state index contributed by atoms with van der Waals surface area (Å²) in [5.41, 5.74) is 2.09. The molecular weight excluding hydrogens is 278 g/mol. The summed E-state index contributed by atoms with van der Waals surface area (Å²) in [5.74, 6) is 0.833. The second-order valence-corrected chi connectivity index (χ2v) is 4.93. The molecule has 2 rings (SSSR count). The Hall–Kier alpha value is -2.33. The number of methoxy groups -OCH3 is 1. The third-order valence-corrected chi connectivity index (χ3v) is 3.20. The van der Waals surface area contributed by atoms with Crippen molar-refractivity contribution in [3.8, 4) is 5.75 Å². The molecule has 0 bridgehead atoms. The Kier molecular flexibility index (Phi) is 6.45. The Morgan fingerprint density at radius 2 is 1.73 bits per heavy atom. The van der Waals surface area contributed by atoms with Crippen molar-refractivity contribution >= 4 is 6.21 Å². The van der Waals surface area contributed by atoms with Gasteiger partial charge in [0.05, 0.1) is 20.3 Å². The fourth-order valence-electron chi connectivity index (χ4n) is 2.02. The van der Waals surface area contributed by atoms with Crippen LogP contribution >= 0.6 is 0 Å². The first kappa shape index (κ1) is 16.0. The molecule has 0 aliphatic carbocycles. The minimum atomic E-state index is 0.374. The lowest BCUT2D eigenvalue weighted by Crippen LogP contribution is -2.07. The van der Waals surface area contributed by atoms with Crippen LogP contribution in [0.1, 0.15) is 17.5 Å². The zero-order valence-electron chi connectivity index (χ0n) is 12.8. The number of hydroxylamine groups is 1. The topological polar surface area (TPSA) is 44.5 Å². The molecule has 2 aromatic rings. The second-order valence-electron chi connectivity index (χ2n) is 4.93. The smallest absolute Gasteiger partial charge is 0.178 e. The molecule has 0 saturated carbocycles. The van der Waals surface area contributed by atoms with E-state index >= 15 is 0 Å². The molecule has 0 spiro atoms. The first-order valence-electron chi connectivity index (χ1n) is 7.29. The molecule has 0 aromatic heterocycles. The zero-order valence-corrected chi connectivity index (χ0v) is 12.8. The van der Waals surface area contributed by atoms with Crippen molar-refractivity contribution in [2.24, 2.45) is 0 Å². The Morgan fingerprint density at radius 3 is 2.41 bits per heavy atom. The highest BCUT2D eigenvalue weighted by Gasteiger charge is 1.98. The van der Waals surface area contributed by atoms with E-state index in [0.29, 0.717) is 26.2 Å². The van der Waals surface area contributed by atoms with Crippen LogP contribution in [0.2, 0.25) is 0 Å². The molecule has 0 N–H and O–H groups in total. The van der Waals surface area contributed by atoms with Gasteiger partial charge in [-0.3, -0.25) is 0 Å². The van der Waals surface area contributed by atoms with E-state index in [1.807, 2.05) is 54.6 Å². The van der Waals surface area contributed by atoms with E-state index in [-0.39, 0.29) is 0 Å². The number of hydrogen-bond acceptors (Lipinski definition) is 3. The minimum absolute atomic E-state index is 0.374. The van der Waals surface area contributed by atoms with Gasteiger partial charge in [-0.15, -0.1) is 0 Å². The summed E-state index contributed by atoms with van der Waals surface area (Å²) < 4.78 is 11.6. The summed E-state index contributed by atoms with van der Waals surface area (Å²) >= 11 is 0. The quantitative estimate of drug-likeness (QED) is 0.247. The maximum atomic E-state index is 11.7. The average molecular weight is 299 g/mol. The van der Waals surface area contributed by atoms with Crippen molar-refractivity contribution in [2.45, 2.75) is 19.6 Å². The second kappa shape index (κ2) is 8.85. The third kappa shape index (κ3) is 5.58. The fourth-order valence-corrected chi connectivity index (χ4v) is 2.02. The van der Waals surface area contributed by atoms with E-state index in [2.05, 4.69) is 0 Å². The summed E-state index contributed by atoms with van der Waals surface area (Å²) in [4.78, 5) is 0. The molecule has 0 fully saturated rings. The molecule has 4 heteroatoms. The largest absolute Gasteiger partial charge is 0.624 e. The van der Waals surface area contributed by atoms with Crippen LogP contribution in [0.3, 0.4) is 0 Å². The summed E-state index contributed by atoms with van der Waals surface area (Å²) in [6.07, 6.45) is 2.23. The van der Waals surface area contributed by atoms with Gasteiger partial charge >= 0.3 is 0 Å². The Balaban J connectivity index is 1.66. The van der Waals surface area contributed by atoms with Gasteiger partial charge in [0.1, 0.15) is 5.75 Å². The summed E-state index contributed by atoms with van der Waals surface area (Å²) in [6, 6.07) is 17.4. The van der Waals surface area contributed by atoms with Crippen molar-refractivity contribution in [3.05, 3.63) is 70.9 Å². The standard InChI is InChI=1S/C18H21NO3/c1-21-18-10-8-17(9-11-18)15-22-13-5-12-19(20)14-16-6-3-2-4-7-16/h2-4,6-12H,5,13-15H2,1H3/b19-12-. The molecule has 0 atom stereocenters. The molecule has 0 aliphatic rings. The highest BCUT2D eigenvalue weighted by Crippen LogP contribution is 2.11. The first-order chi connectivity index (χ1) is 10.8. The Labute approximate surface area is 131 Å². The number of hydrogen-bond donors (Lipinski definition) is 0. The maximum Gasteiger partial charge on any atom is 0.178 e. The maximum absolute atomic E-state index is 11.7. The predicted octanol–water partition coefficient (Wildman–Crippen LogP) is 3.38. The number of benzene rings is 2. The van der Waals surface area contributed by atoms with Crippen LogP contribution in [0.5, 0.6) is 5.75 Å². The van der Waals surface area contributed by atoms with E-state index in [1.54, 1.807) is 13.3 Å². The van der Waals surface area contributed by atoms with E-state index in [4.69, 9.17) is 9.47 Å². The molecule has 2 aromatic carbocycles. The average Bonchev–Trinajstić information content (AvgIpc) is 2.56. The Bertz CT molecular complexity index is 579. The summed E-state index contributed by atoms with van der Waals surface area (Å²) in [7, 11) is 1.64. The van der Waals surface area contributed by atoms with Crippen molar-refractivity contribution in [1.82, 2.24) is 0 Å². The van der Waals surface area contributed by atoms with Crippen molar-refractivity contribution in [1.29, 1.82) is 0 Å². The van der Waals surface area contributed by atoms with Gasteiger partial charge < -0.3 is 14.7 Å². The summed E-state index contributed by atoms with van der Waals surface area (Å²) in [6.45, 7) is 1.44. The molecule has 0 saturated heterocycles. The van der Waals surface area contributed by atoms with Gasteiger partial charge in [0.25, 0.3) is 0 Å². The Morgan fingerprint density at radius 1 is 1.00 bits per heavy atom. The monoisotopic (exact) mass is 299 g/mol. The lowest BCUT2D eigenvalue weighted by Gasteiger charge is -2.05. The number of rotatable bonds is 8. The predicted molar refractivity (Wildman–Crippen MR) is 87.1 cm³/mol. The molecule has 0 aliphatic heterocycles. The molecule has 0 heterocycles. The van der Waals surface area contributed by atoms with Crippen molar-refractivity contribution in [3.63, 3.8) is 0 Å². The van der Waals surface area contributed by atoms with Gasteiger partial charge in [-0.05, 0) is 17.7 Å². The van der Waals surface area contributed by atoms with E-state index < -0.39 is 0 Å². The van der Waals surface area contributed by atoms with Crippen LogP contribution in [0.15, 0.2) is 54.6 Å². The van der Waals surface area contributed by atoms with E-state index in [0.717, 1.165) is 21.6 Å². The number of ether oxygens (including phenoxy) is 2.